The average Bonchev–Trinajstić information content (AvgIpc) is 2.62. The Morgan fingerprint density at radius 1 is 1.28 bits per heavy atom. The molecule has 1 N–H and O–H groups in total. The monoisotopic (exact) mass is 375 g/mol. The number of rotatable bonds is 4. The highest BCUT2D eigenvalue weighted by Crippen LogP contribution is 2.32. The van der Waals surface area contributed by atoms with Gasteiger partial charge < -0.3 is 19.9 Å². The number of ether oxygens (including phenoxy) is 1. The van der Waals surface area contributed by atoms with Crippen LogP contribution in [0.3, 0.4) is 0 Å². The third kappa shape index (κ3) is 4.35. The van der Waals surface area contributed by atoms with Crippen LogP contribution in [0.4, 0.5) is 11.4 Å². The molecule has 4 nitrogen and oxygen atoms in total. The van der Waals surface area contributed by atoms with Gasteiger partial charge in [0.15, 0.2) is 5.11 Å². The van der Waals surface area contributed by atoms with Gasteiger partial charge in [0.05, 0.1) is 18.8 Å². The third-order valence-corrected chi connectivity index (χ3v) is 4.89. The summed E-state index contributed by atoms with van der Waals surface area (Å²) in [5, 5.41) is 4.60. The lowest BCUT2D eigenvalue weighted by Gasteiger charge is -2.37. The van der Waals surface area contributed by atoms with Gasteiger partial charge in [-0.25, -0.2) is 0 Å². The van der Waals surface area contributed by atoms with Crippen molar-refractivity contribution in [2.24, 2.45) is 0 Å². The first kappa shape index (κ1) is 17.8. The Balaban J connectivity index is 1.62. The van der Waals surface area contributed by atoms with Crippen LogP contribution in [0.15, 0.2) is 48.5 Å². The molecule has 0 saturated heterocycles. The number of nitrogens with zero attached hydrogens (tertiary/aromatic N) is 2. The fraction of sp³-hybridized carbons (Fsp3) is 0.316. The molecular formula is C19H22ClN3OS. The summed E-state index contributed by atoms with van der Waals surface area (Å²) in [5.41, 5.74) is 2.08. The van der Waals surface area contributed by atoms with Gasteiger partial charge in [-0.3, -0.25) is 0 Å². The summed E-state index contributed by atoms with van der Waals surface area (Å²) in [4.78, 5) is 4.35. The summed E-state index contributed by atoms with van der Waals surface area (Å²) < 4.78 is 6.16. The molecule has 0 aromatic heterocycles. The standard InChI is InChI=1S/C19H22ClN3OS/c1-3-23-13-16(24-18-7-5-4-6-17(18)23)12-22(2)19(25)21-15-10-8-14(20)9-11-15/h4-11,16H,3,12-13H2,1-2H3,(H,21,25)/t16-/m0/s1. The van der Waals surface area contributed by atoms with Crippen LogP contribution in [-0.4, -0.2) is 42.8 Å². The molecule has 0 amide bonds. The molecule has 25 heavy (non-hydrogen) atoms. The Labute approximate surface area is 159 Å². The van der Waals surface area contributed by atoms with Crippen LogP contribution < -0.4 is 15.0 Å². The van der Waals surface area contributed by atoms with Crippen LogP contribution in [0, 0.1) is 0 Å². The zero-order valence-electron chi connectivity index (χ0n) is 14.4. The van der Waals surface area contributed by atoms with Crippen molar-refractivity contribution >= 4 is 40.3 Å². The Morgan fingerprint density at radius 2 is 2.00 bits per heavy atom. The molecule has 1 atom stereocenters. The summed E-state index contributed by atoms with van der Waals surface area (Å²) >= 11 is 11.4. The quantitative estimate of drug-likeness (QED) is 0.806. The smallest absolute Gasteiger partial charge is 0.173 e. The van der Waals surface area contributed by atoms with Crippen LogP contribution in [0.25, 0.3) is 0 Å². The summed E-state index contributed by atoms with van der Waals surface area (Å²) in [6, 6.07) is 15.7. The van der Waals surface area contributed by atoms with Crippen LogP contribution >= 0.6 is 23.8 Å². The second kappa shape index (κ2) is 7.93. The molecule has 0 spiro atoms. The maximum Gasteiger partial charge on any atom is 0.173 e. The normalized spacial score (nSPS) is 16.0. The maximum atomic E-state index is 6.16. The highest BCUT2D eigenvalue weighted by atomic mass is 35.5. The fourth-order valence-corrected chi connectivity index (χ4v) is 3.23. The van der Waals surface area contributed by atoms with Crippen LogP contribution in [0.5, 0.6) is 5.75 Å². The highest BCUT2D eigenvalue weighted by molar-refractivity contribution is 7.80. The van der Waals surface area contributed by atoms with Crippen LogP contribution in [0.2, 0.25) is 5.02 Å². The molecular weight excluding hydrogens is 354 g/mol. The molecule has 1 aliphatic rings. The number of fused-ring (bicyclic) bond motifs is 1. The number of hydrogen-bond acceptors (Lipinski definition) is 3. The van der Waals surface area contributed by atoms with Gasteiger partial charge >= 0.3 is 0 Å². The Bertz CT molecular complexity index is 738. The summed E-state index contributed by atoms with van der Waals surface area (Å²) in [6.07, 6.45) is 0.0600. The van der Waals surface area contributed by atoms with Gasteiger partial charge in [0.25, 0.3) is 0 Å². The van der Waals surface area contributed by atoms with Gasteiger partial charge in [-0.05, 0) is 55.5 Å². The molecule has 0 bridgehead atoms. The Hall–Kier alpha value is -1.98. The van der Waals surface area contributed by atoms with E-state index in [1.165, 1.54) is 0 Å². The van der Waals surface area contributed by atoms with Crippen molar-refractivity contribution in [1.29, 1.82) is 0 Å². The van der Waals surface area contributed by atoms with Gasteiger partial charge in [0, 0.05) is 24.3 Å². The average molecular weight is 376 g/mol. The lowest BCUT2D eigenvalue weighted by atomic mass is 10.2. The van der Waals surface area contributed by atoms with Gasteiger partial charge in [-0.15, -0.1) is 0 Å². The predicted molar refractivity (Wildman–Crippen MR) is 109 cm³/mol. The van der Waals surface area contributed by atoms with E-state index in [0.29, 0.717) is 16.7 Å². The molecule has 3 rings (SSSR count). The van der Waals surface area contributed by atoms with Crippen molar-refractivity contribution in [3.63, 3.8) is 0 Å². The topological polar surface area (TPSA) is 27.7 Å². The SMILES string of the molecule is CCN1C[C@H](CN(C)C(=S)Nc2ccc(Cl)cc2)Oc2ccccc21. The van der Waals surface area contributed by atoms with Gasteiger partial charge in [-0.1, -0.05) is 23.7 Å². The minimum absolute atomic E-state index is 0.0600. The largest absolute Gasteiger partial charge is 0.485 e. The molecule has 6 heteroatoms. The van der Waals surface area contributed by atoms with E-state index in [0.717, 1.165) is 30.2 Å². The summed E-state index contributed by atoms with van der Waals surface area (Å²) in [5.74, 6) is 0.936. The highest BCUT2D eigenvalue weighted by Gasteiger charge is 2.26. The zero-order chi connectivity index (χ0) is 17.8. The van der Waals surface area contributed by atoms with E-state index < -0.39 is 0 Å². The first-order chi connectivity index (χ1) is 12.1. The van der Waals surface area contributed by atoms with Crippen molar-refractivity contribution in [3.05, 3.63) is 53.6 Å². The van der Waals surface area contributed by atoms with E-state index >= 15 is 0 Å². The summed E-state index contributed by atoms with van der Waals surface area (Å²) in [7, 11) is 1.98. The molecule has 0 aliphatic carbocycles. The lowest BCUT2D eigenvalue weighted by Crippen LogP contribution is -2.47. The van der Waals surface area contributed by atoms with Crippen molar-refractivity contribution in [2.45, 2.75) is 13.0 Å². The van der Waals surface area contributed by atoms with Crippen LogP contribution in [0.1, 0.15) is 6.92 Å². The van der Waals surface area contributed by atoms with Crippen LogP contribution in [-0.2, 0) is 0 Å². The number of anilines is 2. The second-order valence-corrected chi connectivity index (χ2v) is 6.89. The van der Waals surface area contributed by atoms with E-state index in [1.54, 1.807) is 0 Å². The van der Waals surface area contributed by atoms with Gasteiger partial charge in [-0.2, -0.15) is 0 Å². The molecule has 2 aromatic carbocycles. The van der Waals surface area contributed by atoms with Crippen molar-refractivity contribution in [2.75, 3.05) is 36.9 Å². The molecule has 1 heterocycles. The molecule has 0 saturated carbocycles. The molecule has 0 radical (unpaired) electrons. The number of para-hydroxylation sites is 2. The van der Waals surface area contributed by atoms with E-state index in [1.807, 2.05) is 54.4 Å². The predicted octanol–water partition coefficient (Wildman–Crippen LogP) is 4.26. The first-order valence-electron chi connectivity index (χ1n) is 8.35. The number of likely N-dealkylation sites (N-methyl/N-ethyl adjacent to an activating group) is 2. The zero-order valence-corrected chi connectivity index (χ0v) is 16.0. The Morgan fingerprint density at radius 3 is 2.72 bits per heavy atom. The fourth-order valence-electron chi connectivity index (χ4n) is 2.91. The van der Waals surface area contributed by atoms with E-state index in [-0.39, 0.29) is 6.10 Å². The first-order valence-corrected chi connectivity index (χ1v) is 9.13. The maximum absolute atomic E-state index is 6.16. The third-order valence-electron chi connectivity index (χ3n) is 4.23. The number of thiocarbonyl (C=S) groups is 1. The second-order valence-electron chi connectivity index (χ2n) is 6.06. The Kier molecular flexibility index (Phi) is 5.66. The molecule has 1 aliphatic heterocycles. The van der Waals surface area contributed by atoms with E-state index in [9.17, 15) is 0 Å². The van der Waals surface area contributed by atoms with E-state index in [2.05, 4.69) is 23.2 Å². The molecule has 132 valence electrons. The number of nitrogens with one attached hydrogen (secondary N) is 1. The number of benzene rings is 2. The van der Waals surface area contributed by atoms with E-state index in [4.69, 9.17) is 28.6 Å². The van der Waals surface area contributed by atoms with Crippen molar-refractivity contribution in [1.82, 2.24) is 4.90 Å². The minimum atomic E-state index is 0.0600. The molecule has 2 aromatic rings. The lowest BCUT2D eigenvalue weighted by molar-refractivity contribution is 0.169. The summed E-state index contributed by atoms with van der Waals surface area (Å²) in [6.45, 7) is 4.68. The number of hydrogen-bond donors (Lipinski definition) is 1. The molecule has 0 unspecified atom stereocenters. The van der Waals surface area contributed by atoms with Crippen molar-refractivity contribution < 1.29 is 4.74 Å². The minimum Gasteiger partial charge on any atom is -0.485 e. The van der Waals surface area contributed by atoms with Crippen molar-refractivity contribution in [3.8, 4) is 5.75 Å². The van der Waals surface area contributed by atoms with Gasteiger partial charge in [0.2, 0.25) is 0 Å². The molecule has 0 fully saturated rings. The number of halogens is 1. The van der Waals surface area contributed by atoms with Gasteiger partial charge in [0.1, 0.15) is 11.9 Å².